The Morgan fingerprint density at radius 3 is 2.76 bits per heavy atom. The third-order valence-electron chi connectivity index (χ3n) is 2.46. The summed E-state index contributed by atoms with van der Waals surface area (Å²) in [6.07, 6.45) is 3.30. The van der Waals surface area contributed by atoms with Crippen molar-refractivity contribution in [2.75, 3.05) is 18.5 Å². The van der Waals surface area contributed by atoms with Gasteiger partial charge >= 0.3 is 0 Å². The predicted octanol–water partition coefficient (Wildman–Crippen LogP) is 3.27. The summed E-state index contributed by atoms with van der Waals surface area (Å²) in [5.74, 6) is 0.542. The van der Waals surface area contributed by atoms with Crippen LogP contribution in [-0.4, -0.2) is 23.5 Å². The van der Waals surface area contributed by atoms with Crippen molar-refractivity contribution in [2.24, 2.45) is 0 Å². The van der Waals surface area contributed by atoms with E-state index in [4.69, 9.17) is 11.6 Å². The normalized spacial score (nSPS) is 10.3. The maximum atomic E-state index is 10.7. The zero-order chi connectivity index (χ0) is 12.8. The second-order valence-corrected chi connectivity index (χ2v) is 4.28. The summed E-state index contributed by atoms with van der Waals surface area (Å²) in [5.41, 5.74) is -0.0256. The Bertz CT molecular complexity index is 398. The first-order valence-corrected chi connectivity index (χ1v) is 5.95. The lowest BCUT2D eigenvalue weighted by Gasteiger charge is -2.17. The first kappa shape index (κ1) is 13.7. The Hall–Kier alpha value is -1.36. The van der Waals surface area contributed by atoms with Gasteiger partial charge in [-0.2, -0.15) is 0 Å². The molecule has 0 aliphatic carbocycles. The SMILES string of the molecule is CCCCCN(C)c1cc([N+](=O)[O-])cc(Cl)n1. The maximum absolute atomic E-state index is 10.7. The molecule has 0 amide bonds. The molecule has 1 aromatic heterocycles. The second kappa shape index (κ2) is 6.39. The Labute approximate surface area is 106 Å². The van der Waals surface area contributed by atoms with Crippen LogP contribution in [0.3, 0.4) is 0 Å². The number of anilines is 1. The average molecular weight is 258 g/mol. The summed E-state index contributed by atoms with van der Waals surface area (Å²) in [6, 6.07) is 2.70. The minimum atomic E-state index is -0.461. The van der Waals surface area contributed by atoms with E-state index in [1.807, 2.05) is 11.9 Å². The molecule has 0 bridgehead atoms. The van der Waals surface area contributed by atoms with Gasteiger partial charge in [-0.05, 0) is 6.42 Å². The first-order chi connectivity index (χ1) is 8.04. The summed E-state index contributed by atoms with van der Waals surface area (Å²) in [7, 11) is 1.86. The number of rotatable bonds is 6. The van der Waals surface area contributed by atoms with Crippen LogP contribution in [0.2, 0.25) is 5.15 Å². The third kappa shape index (κ3) is 4.19. The van der Waals surface area contributed by atoms with Crippen molar-refractivity contribution in [3.8, 4) is 0 Å². The number of hydrogen-bond donors (Lipinski definition) is 0. The number of pyridine rings is 1. The second-order valence-electron chi connectivity index (χ2n) is 3.89. The number of nitrogens with zero attached hydrogens (tertiary/aromatic N) is 3. The minimum Gasteiger partial charge on any atom is -0.359 e. The van der Waals surface area contributed by atoms with Crippen LogP contribution in [0, 0.1) is 10.1 Å². The molecule has 1 rings (SSSR count). The van der Waals surface area contributed by atoms with Gasteiger partial charge in [-0.25, -0.2) is 4.98 Å². The number of halogens is 1. The predicted molar refractivity (Wildman–Crippen MR) is 68.7 cm³/mol. The van der Waals surface area contributed by atoms with E-state index >= 15 is 0 Å². The van der Waals surface area contributed by atoms with Crippen LogP contribution in [0.1, 0.15) is 26.2 Å². The molecule has 0 radical (unpaired) electrons. The highest BCUT2D eigenvalue weighted by molar-refractivity contribution is 6.29. The highest BCUT2D eigenvalue weighted by Crippen LogP contribution is 2.22. The molecule has 5 nitrogen and oxygen atoms in total. The molecular weight excluding hydrogens is 242 g/mol. The third-order valence-corrected chi connectivity index (χ3v) is 2.66. The average Bonchev–Trinajstić information content (AvgIpc) is 2.28. The molecule has 0 aliphatic heterocycles. The Kier molecular flexibility index (Phi) is 5.15. The molecule has 0 fully saturated rings. The molecule has 94 valence electrons. The highest BCUT2D eigenvalue weighted by Gasteiger charge is 2.12. The van der Waals surface area contributed by atoms with Gasteiger partial charge < -0.3 is 4.90 Å². The molecule has 0 aromatic carbocycles. The molecule has 0 unspecified atom stereocenters. The van der Waals surface area contributed by atoms with Crippen LogP contribution < -0.4 is 4.90 Å². The molecule has 6 heteroatoms. The quantitative estimate of drug-likeness (QED) is 0.340. The van der Waals surface area contributed by atoms with Gasteiger partial charge in [0.2, 0.25) is 0 Å². The van der Waals surface area contributed by atoms with Gasteiger partial charge in [-0.15, -0.1) is 0 Å². The Morgan fingerprint density at radius 1 is 1.47 bits per heavy atom. The molecule has 0 saturated carbocycles. The van der Waals surface area contributed by atoms with E-state index in [0.717, 1.165) is 25.8 Å². The largest absolute Gasteiger partial charge is 0.359 e. The van der Waals surface area contributed by atoms with Gasteiger partial charge in [-0.1, -0.05) is 31.4 Å². The molecule has 0 saturated heterocycles. The van der Waals surface area contributed by atoms with Gasteiger partial charge in [0, 0.05) is 13.6 Å². The molecule has 17 heavy (non-hydrogen) atoms. The van der Waals surface area contributed by atoms with E-state index in [2.05, 4.69) is 11.9 Å². The van der Waals surface area contributed by atoms with Crippen molar-refractivity contribution in [1.82, 2.24) is 4.98 Å². The Balaban J connectivity index is 2.78. The minimum absolute atomic E-state index is 0.0256. The van der Waals surface area contributed by atoms with E-state index < -0.39 is 4.92 Å². The zero-order valence-corrected chi connectivity index (χ0v) is 10.8. The smallest absolute Gasteiger partial charge is 0.276 e. The van der Waals surface area contributed by atoms with E-state index in [1.54, 1.807) is 0 Å². The molecule has 0 aliphatic rings. The van der Waals surface area contributed by atoms with Crippen LogP contribution in [0.25, 0.3) is 0 Å². The first-order valence-electron chi connectivity index (χ1n) is 5.57. The van der Waals surface area contributed by atoms with Gasteiger partial charge in [0.05, 0.1) is 17.1 Å². The van der Waals surface area contributed by atoms with Crippen LogP contribution >= 0.6 is 11.6 Å². The fourth-order valence-electron chi connectivity index (χ4n) is 1.48. The topological polar surface area (TPSA) is 59.3 Å². The Morgan fingerprint density at radius 2 is 2.18 bits per heavy atom. The van der Waals surface area contributed by atoms with Crippen molar-refractivity contribution in [3.63, 3.8) is 0 Å². The van der Waals surface area contributed by atoms with Crippen molar-refractivity contribution in [1.29, 1.82) is 0 Å². The number of aromatic nitrogens is 1. The lowest BCUT2D eigenvalue weighted by molar-refractivity contribution is -0.384. The maximum Gasteiger partial charge on any atom is 0.276 e. The number of hydrogen-bond acceptors (Lipinski definition) is 4. The van der Waals surface area contributed by atoms with Crippen LogP contribution in [-0.2, 0) is 0 Å². The van der Waals surface area contributed by atoms with E-state index in [-0.39, 0.29) is 10.8 Å². The number of nitro groups is 1. The van der Waals surface area contributed by atoms with Gasteiger partial charge in [0.15, 0.2) is 0 Å². The van der Waals surface area contributed by atoms with E-state index in [9.17, 15) is 10.1 Å². The summed E-state index contributed by atoms with van der Waals surface area (Å²) in [6.45, 7) is 2.95. The van der Waals surface area contributed by atoms with Crippen molar-refractivity contribution < 1.29 is 4.92 Å². The van der Waals surface area contributed by atoms with E-state index in [0.29, 0.717) is 5.82 Å². The zero-order valence-electron chi connectivity index (χ0n) is 10.0. The molecular formula is C11H16ClN3O2. The summed E-state index contributed by atoms with van der Waals surface area (Å²) >= 11 is 5.76. The summed E-state index contributed by atoms with van der Waals surface area (Å²) in [5, 5.41) is 10.8. The van der Waals surface area contributed by atoms with Crippen LogP contribution in [0.5, 0.6) is 0 Å². The molecule has 0 N–H and O–H groups in total. The number of unbranched alkanes of at least 4 members (excludes halogenated alkanes) is 2. The molecule has 1 heterocycles. The monoisotopic (exact) mass is 257 g/mol. The lowest BCUT2D eigenvalue weighted by Crippen LogP contribution is -2.19. The van der Waals surface area contributed by atoms with Crippen LogP contribution in [0.4, 0.5) is 11.5 Å². The van der Waals surface area contributed by atoms with E-state index in [1.165, 1.54) is 12.1 Å². The lowest BCUT2D eigenvalue weighted by atomic mass is 10.2. The molecule has 0 atom stereocenters. The standard InChI is InChI=1S/C11H16ClN3O2/c1-3-4-5-6-14(2)11-8-9(15(16)17)7-10(12)13-11/h7-8H,3-6H2,1-2H3. The summed E-state index contributed by atoms with van der Waals surface area (Å²) in [4.78, 5) is 16.2. The molecule has 1 aromatic rings. The van der Waals surface area contributed by atoms with Crippen molar-refractivity contribution in [2.45, 2.75) is 26.2 Å². The van der Waals surface area contributed by atoms with Gasteiger partial charge in [0.25, 0.3) is 5.69 Å². The van der Waals surface area contributed by atoms with Gasteiger partial charge in [-0.3, -0.25) is 10.1 Å². The van der Waals surface area contributed by atoms with Crippen LogP contribution in [0.15, 0.2) is 12.1 Å². The van der Waals surface area contributed by atoms with Crippen molar-refractivity contribution in [3.05, 3.63) is 27.4 Å². The fourth-order valence-corrected chi connectivity index (χ4v) is 1.68. The highest BCUT2D eigenvalue weighted by atomic mass is 35.5. The fraction of sp³-hybridized carbons (Fsp3) is 0.545. The summed E-state index contributed by atoms with van der Waals surface area (Å²) < 4.78 is 0. The van der Waals surface area contributed by atoms with Gasteiger partial charge in [0.1, 0.15) is 11.0 Å². The molecule has 0 spiro atoms. The van der Waals surface area contributed by atoms with Crippen molar-refractivity contribution >= 4 is 23.1 Å².